The zero-order chi connectivity index (χ0) is 25.2. The van der Waals surface area contributed by atoms with Crippen LogP contribution in [-0.2, 0) is 14.3 Å². The number of rotatable bonds is 11. The molecule has 3 rings (SSSR count). The number of nitrogens with zero attached hydrogens (tertiary/aromatic N) is 1. The van der Waals surface area contributed by atoms with Crippen molar-refractivity contribution in [2.24, 2.45) is 0 Å². The van der Waals surface area contributed by atoms with Crippen molar-refractivity contribution in [3.63, 3.8) is 0 Å². The van der Waals surface area contributed by atoms with Crippen LogP contribution in [0.4, 0.5) is 5.69 Å². The summed E-state index contributed by atoms with van der Waals surface area (Å²) in [5.74, 6) is 0.195. The Morgan fingerprint density at radius 2 is 1.77 bits per heavy atom. The van der Waals surface area contributed by atoms with Crippen LogP contribution in [0.25, 0.3) is 6.08 Å². The van der Waals surface area contributed by atoms with Gasteiger partial charge in [-0.1, -0.05) is 42.5 Å². The van der Waals surface area contributed by atoms with Gasteiger partial charge in [0.2, 0.25) is 5.91 Å². The molecule has 7 nitrogen and oxygen atoms in total. The van der Waals surface area contributed by atoms with Crippen molar-refractivity contribution in [2.75, 3.05) is 25.6 Å². The van der Waals surface area contributed by atoms with Gasteiger partial charge in [0.15, 0.2) is 0 Å². The molecule has 1 heterocycles. The van der Waals surface area contributed by atoms with Crippen molar-refractivity contribution in [3.8, 4) is 5.75 Å². The van der Waals surface area contributed by atoms with Crippen LogP contribution in [0.2, 0.25) is 0 Å². The van der Waals surface area contributed by atoms with Gasteiger partial charge in [0.25, 0.3) is 5.91 Å². The zero-order valence-corrected chi connectivity index (χ0v) is 21.4. The van der Waals surface area contributed by atoms with E-state index >= 15 is 0 Å². The Hall–Kier alpha value is -3.17. The number of methoxy groups -OCH3 is 1. The van der Waals surface area contributed by atoms with Crippen LogP contribution in [0.3, 0.4) is 0 Å². The Morgan fingerprint density at radius 3 is 2.43 bits per heavy atom. The maximum absolute atomic E-state index is 12.8. The second kappa shape index (κ2) is 13.1. The Kier molecular flexibility index (Phi) is 9.86. The fourth-order valence-electron chi connectivity index (χ4n) is 3.40. The molecule has 2 aromatic carbocycles. The Labute approximate surface area is 214 Å². The van der Waals surface area contributed by atoms with Crippen molar-refractivity contribution in [3.05, 3.63) is 64.6 Å². The highest BCUT2D eigenvalue weighted by Crippen LogP contribution is 2.33. The highest BCUT2D eigenvalue weighted by atomic mass is 32.2. The number of thiocarbonyl (C=S) groups is 1. The van der Waals surface area contributed by atoms with E-state index in [0.717, 1.165) is 24.2 Å². The van der Waals surface area contributed by atoms with E-state index in [-0.39, 0.29) is 17.8 Å². The van der Waals surface area contributed by atoms with E-state index in [2.05, 4.69) is 5.32 Å². The lowest BCUT2D eigenvalue weighted by Gasteiger charge is -2.14. The van der Waals surface area contributed by atoms with Crippen molar-refractivity contribution in [2.45, 2.75) is 32.6 Å². The molecule has 184 valence electrons. The molecule has 1 fully saturated rings. The van der Waals surface area contributed by atoms with E-state index in [4.69, 9.17) is 21.7 Å². The van der Waals surface area contributed by atoms with Crippen molar-refractivity contribution in [1.29, 1.82) is 0 Å². The largest absolute Gasteiger partial charge is 0.497 e. The second-order valence-electron chi connectivity index (χ2n) is 7.76. The summed E-state index contributed by atoms with van der Waals surface area (Å²) in [7, 11) is 1.61. The highest BCUT2D eigenvalue weighted by molar-refractivity contribution is 8.26. The number of anilines is 1. The van der Waals surface area contributed by atoms with Crippen LogP contribution in [0, 0.1) is 0 Å². The minimum atomic E-state index is -0.386. The molecule has 0 spiro atoms. The molecule has 0 bridgehead atoms. The van der Waals surface area contributed by atoms with E-state index in [9.17, 15) is 14.4 Å². The molecule has 0 atom stereocenters. The summed E-state index contributed by atoms with van der Waals surface area (Å²) >= 11 is 6.70. The molecule has 2 amide bonds. The number of hydrogen-bond acceptors (Lipinski definition) is 7. The first-order valence-electron chi connectivity index (χ1n) is 11.4. The number of carbonyl (C=O) groups excluding carboxylic acids is 3. The first kappa shape index (κ1) is 26.4. The summed E-state index contributed by atoms with van der Waals surface area (Å²) in [5.41, 5.74) is 1.98. The number of esters is 1. The number of thioether (sulfide) groups is 1. The van der Waals surface area contributed by atoms with Gasteiger partial charge in [-0.2, -0.15) is 0 Å². The van der Waals surface area contributed by atoms with Gasteiger partial charge in [-0.15, -0.1) is 0 Å². The summed E-state index contributed by atoms with van der Waals surface area (Å²) in [6.45, 7) is 2.60. The number of benzene rings is 2. The molecule has 0 unspecified atom stereocenters. The minimum Gasteiger partial charge on any atom is -0.497 e. The maximum atomic E-state index is 12.8. The minimum absolute atomic E-state index is 0.0835. The van der Waals surface area contributed by atoms with Crippen LogP contribution in [-0.4, -0.2) is 47.3 Å². The summed E-state index contributed by atoms with van der Waals surface area (Å²) in [6, 6.07) is 14.1. The molecular formula is C26H28N2O5S2. The van der Waals surface area contributed by atoms with E-state index < -0.39 is 0 Å². The molecule has 9 heteroatoms. The number of carbonyl (C=O) groups is 3. The van der Waals surface area contributed by atoms with Gasteiger partial charge in [0.1, 0.15) is 10.1 Å². The van der Waals surface area contributed by atoms with Crippen molar-refractivity contribution < 1.29 is 23.9 Å². The number of unbranched alkanes of at least 4 members (excludes halogenated alkanes) is 2. The number of amides is 2. The SMILES string of the molecule is CCOC(=O)c1ccc(NC(=O)CCCCCN2C(=O)/C(=C\c3ccc(OC)cc3)SC2=S)cc1. The number of ether oxygens (including phenoxy) is 2. The Morgan fingerprint density at radius 1 is 1.06 bits per heavy atom. The van der Waals surface area contributed by atoms with Crippen molar-refractivity contribution >= 4 is 57.8 Å². The average molecular weight is 513 g/mol. The molecule has 35 heavy (non-hydrogen) atoms. The van der Waals surface area contributed by atoms with Crippen LogP contribution in [0.1, 0.15) is 48.5 Å². The van der Waals surface area contributed by atoms with Crippen molar-refractivity contribution in [1.82, 2.24) is 4.90 Å². The molecular weight excluding hydrogens is 484 g/mol. The lowest BCUT2D eigenvalue weighted by atomic mass is 10.1. The first-order chi connectivity index (χ1) is 16.9. The summed E-state index contributed by atoms with van der Waals surface area (Å²) < 4.78 is 10.7. The lowest BCUT2D eigenvalue weighted by molar-refractivity contribution is -0.122. The Bertz CT molecular complexity index is 1100. The predicted molar refractivity (Wildman–Crippen MR) is 142 cm³/mol. The van der Waals surface area contributed by atoms with E-state index in [1.807, 2.05) is 30.3 Å². The molecule has 0 saturated carbocycles. The fraction of sp³-hybridized carbons (Fsp3) is 0.308. The fourth-order valence-corrected chi connectivity index (χ4v) is 4.71. The van der Waals surface area contributed by atoms with Gasteiger partial charge >= 0.3 is 5.97 Å². The third-order valence-corrected chi connectivity index (χ3v) is 6.63. The highest BCUT2D eigenvalue weighted by Gasteiger charge is 2.31. The average Bonchev–Trinajstić information content (AvgIpc) is 3.12. The topological polar surface area (TPSA) is 84.9 Å². The maximum Gasteiger partial charge on any atom is 0.338 e. The molecule has 1 aliphatic rings. The molecule has 0 aromatic heterocycles. The molecule has 0 aliphatic carbocycles. The van der Waals surface area contributed by atoms with Gasteiger partial charge < -0.3 is 14.8 Å². The van der Waals surface area contributed by atoms with Crippen LogP contribution < -0.4 is 10.1 Å². The molecule has 2 aromatic rings. The van der Waals surface area contributed by atoms with E-state index in [0.29, 0.717) is 46.5 Å². The molecule has 1 N–H and O–H groups in total. The smallest absolute Gasteiger partial charge is 0.338 e. The number of hydrogen-bond donors (Lipinski definition) is 1. The van der Waals surface area contributed by atoms with Gasteiger partial charge in [-0.25, -0.2) is 4.79 Å². The van der Waals surface area contributed by atoms with Crippen LogP contribution in [0.15, 0.2) is 53.4 Å². The predicted octanol–water partition coefficient (Wildman–Crippen LogP) is 5.27. The summed E-state index contributed by atoms with van der Waals surface area (Å²) in [4.78, 5) is 38.9. The monoisotopic (exact) mass is 512 g/mol. The molecule has 1 saturated heterocycles. The quantitative estimate of drug-likeness (QED) is 0.190. The van der Waals surface area contributed by atoms with Gasteiger partial charge in [0, 0.05) is 18.7 Å². The second-order valence-corrected chi connectivity index (χ2v) is 9.44. The summed E-state index contributed by atoms with van der Waals surface area (Å²) in [6.07, 6.45) is 4.45. The molecule has 0 radical (unpaired) electrons. The third-order valence-electron chi connectivity index (χ3n) is 5.25. The van der Waals surface area contributed by atoms with Gasteiger partial charge in [-0.05, 0) is 67.8 Å². The number of nitrogens with one attached hydrogen (secondary N) is 1. The van der Waals surface area contributed by atoms with Crippen LogP contribution in [0.5, 0.6) is 5.75 Å². The van der Waals surface area contributed by atoms with Gasteiger partial charge in [-0.3, -0.25) is 14.5 Å². The standard InChI is InChI=1S/C26H28N2O5S2/c1-3-33-25(31)19-10-12-20(13-11-19)27-23(29)7-5-4-6-16-28-24(30)22(35-26(28)34)17-18-8-14-21(32-2)15-9-18/h8-15,17H,3-7,16H2,1-2H3,(H,27,29)/b22-17+. The lowest BCUT2D eigenvalue weighted by Crippen LogP contribution is -2.29. The third kappa shape index (κ3) is 7.66. The van der Waals surface area contributed by atoms with E-state index in [1.54, 1.807) is 43.2 Å². The van der Waals surface area contributed by atoms with E-state index in [1.165, 1.54) is 11.8 Å². The zero-order valence-electron chi connectivity index (χ0n) is 19.7. The first-order valence-corrected chi connectivity index (χ1v) is 12.6. The summed E-state index contributed by atoms with van der Waals surface area (Å²) in [5, 5.41) is 2.83. The van der Waals surface area contributed by atoms with Gasteiger partial charge in [0.05, 0.1) is 24.2 Å². The Balaban J connectivity index is 1.39. The molecule has 1 aliphatic heterocycles. The van der Waals surface area contributed by atoms with Crippen LogP contribution >= 0.6 is 24.0 Å². The normalized spacial score (nSPS) is 14.3.